The average molecular weight is 290 g/mol. The summed E-state index contributed by atoms with van der Waals surface area (Å²) in [7, 11) is 1.98. The number of amides is 1. The van der Waals surface area contributed by atoms with Crippen molar-refractivity contribution >= 4 is 23.2 Å². The third-order valence-corrected chi connectivity index (χ3v) is 3.23. The van der Waals surface area contributed by atoms with Gasteiger partial charge >= 0.3 is 0 Å². The van der Waals surface area contributed by atoms with Gasteiger partial charge in [0.1, 0.15) is 5.15 Å². The van der Waals surface area contributed by atoms with Gasteiger partial charge in [0.15, 0.2) is 0 Å². The lowest BCUT2D eigenvalue weighted by Gasteiger charge is -2.19. The highest BCUT2D eigenvalue weighted by molar-refractivity contribution is 6.32. The standard InChI is InChI=1S/C15H16ClN3O/c1-19(12-6-3-2-4-7-12)11-10-18-15(20)13-8-5-9-17-14(13)16/h2-9H,10-11H2,1H3,(H,18,20). The number of anilines is 1. The number of pyridine rings is 1. The van der Waals surface area contributed by atoms with Gasteiger partial charge in [0.05, 0.1) is 5.56 Å². The predicted octanol–water partition coefficient (Wildman–Crippen LogP) is 2.60. The zero-order chi connectivity index (χ0) is 14.4. The second kappa shape index (κ2) is 6.91. The zero-order valence-electron chi connectivity index (χ0n) is 11.2. The van der Waals surface area contributed by atoms with Gasteiger partial charge in [-0.05, 0) is 24.3 Å². The molecule has 1 aromatic heterocycles. The van der Waals surface area contributed by atoms with Crippen molar-refractivity contribution in [3.05, 3.63) is 59.4 Å². The van der Waals surface area contributed by atoms with Crippen molar-refractivity contribution in [3.8, 4) is 0 Å². The quantitative estimate of drug-likeness (QED) is 0.861. The van der Waals surface area contributed by atoms with Crippen molar-refractivity contribution < 1.29 is 4.79 Å². The predicted molar refractivity (Wildman–Crippen MR) is 81.3 cm³/mol. The maximum absolute atomic E-state index is 11.9. The van der Waals surface area contributed by atoms with Crippen LogP contribution in [-0.4, -0.2) is 31.0 Å². The molecule has 1 aromatic carbocycles. The number of rotatable bonds is 5. The van der Waals surface area contributed by atoms with Gasteiger partial charge in [-0.25, -0.2) is 4.98 Å². The molecule has 0 unspecified atom stereocenters. The molecule has 0 bridgehead atoms. The number of nitrogens with one attached hydrogen (secondary N) is 1. The van der Waals surface area contributed by atoms with Crippen LogP contribution >= 0.6 is 11.6 Å². The van der Waals surface area contributed by atoms with Crippen molar-refractivity contribution in [2.45, 2.75) is 0 Å². The van der Waals surface area contributed by atoms with E-state index in [2.05, 4.69) is 15.2 Å². The van der Waals surface area contributed by atoms with Gasteiger partial charge in [-0.15, -0.1) is 0 Å². The third-order valence-electron chi connectivity index (χ3n) is 2.93. The number of benzene rings is 1. The molecule has 0 atom stereocenters. The average Bonchev–Trinajstić information content (AvgIpc) is 2.48. The van der Waals surface area contributed by atoms with Crippen LogP contribution in [0.15, 0.2) is 48.7 Å². The van der Waals surface area contributed by atoms with Crippen LogP contribution in [0.5, 0.6) is 0 Å². The van der Waals surface area contributed by atoms with Crippen molar-refractivity contribution in [2.75, 3.05) is 25.0 Å². The van der Waals surface area contributed by atoms with Gasteiger partial charge in [0.25, 0.3) is 5.91 Å². The van der Waals surface area contributed by atoms with Crippen LogP contribution in [0.25, 0.3) is 0 Å². The van der Waals surface area contributed by atoms with E-state index in [9.17, 15) is 4.79 Å². The van der Waals surface area contributed by atoms with E-state index in [0.717, 1.165) is 5.69 Å². The number of carbonyl (C=O) groups excluding carboxylic acids is 1. The minimum absolute atomic E-state index is 0.204. The Morgan fingerprint density at radius 3 is 2.70 bits per heavy atom. The first-order valence-electron chi connectivity index (χ1n) is 6.33. The molecule has 104 valence electrons. The van der Waals surface area contributed by atoms with Crippen LogP contribution in [0.2, 0.25) is 5.15 Å². The molecule has 0 spiro atoms. The van der Waals surface area contributed by atoms with Gasteiger partial charge in [-0.2, -0.15) is 0 Å². The van der Waals surface area contributed by atoms with Crippen LogP contribution in [0.1, 0.15) is 10.4 Å². The Bertz CT molecular complexity index is 574. The van der Waals surface area contributed by atoms with Crippen molar-refractivity contribution in [1.82, 2.24) is 10.3 Å². The highest BCUT2D eigenvalue weighted by Crippen LogP contribution is 2.11. The molecule has 0 fully saturated rings. The topological polar surface area (TPSA) is 45.2 Å². The van der Waals surface area contributed by atoms with Gasteiger partial charge in [-0.1, -0.05) is 29.8 Å². The second-order valence-corrected chi connectivity index (χ2v) is 4.71. The number of nitrogens with zero attached hydrogens (tertiary/aromatic N) is 2. The molecule has 0 saturated carbocycles. The van der Waals surface area contributed by atoms with E-state index in [1.54, 1.807) is 18.3 Å². The van der Waals surface area contributed by atoms with Crippen LogP contribution in [0.3, 0.4) is 0 Å². The normalized spacial score (nSPS) is 10.1. The summed E-state index contributed by atoms with van der Waals surface area (Å²) < 4.78 is 0. The molecule has 2 aromatic rings. The first-order chi connectivity index (χ1) is 9.68. The largest absolute Gasteiger partial charge is 0.373 e. The zero-order valence-corrected chi connectivity index (χ0v) is 12.0. The number of aromatic nitrogens is 1. The highest BCUT2D eigenvalue weighted by atomic mass is 35.5. The first kappa shape index (κ1) is 14.3. The smallest absolute Gasteiger partial charge is 0.254 e. The number of halogens is 1. The summed E-state index contributed by atoms with van der Waals surface area (Å²) in [5, 5.41) is 3.06. The lowest BCUT2D eigenvalue weighted by atomic mass is 10.2. The van der Waals surface area contributed by atoms with Crippen molar-refractivity contribution in [1.29, 1.82) is 0 Å². The first-order valence-corrected chi connectivity index (χ1v) is 6.71. The van der Waals surface area contributed by atoms with E-state index < -0.39 is 0 Å². The van der Waals surface area contributed by atoms with Crippen LogP contribution in [0, 0.1) is 0 Å². The van der Waals surface area contributed by atoms with Gasteiger partial charge in [-0.3, -0.25) is 4.79 Å². The van der Waals surface area contributed by atoms with Crippen LogP contribution < -0.4 is 10.2 Å². The Hall–Kier alpha value is -2.07. The number of carbonyl (C=O) groups is 1. The number of hydrogen-bond donors (Lipinski definition) is 1. The SMILES string of the molecule is CN(CCNC(=O)c1cccnc1Cl)c1ccccc1. The summed E-state index contributed by atoms with van der Waals surface area (Å²) in [6.07, 6.45) is 1.56. The van der Waals surface area contributed by atoms with E-state index in [0.29, 0.717) is 18.7 Å². The fourth-order valence-electron chi connectivity index (χ4n) is 1.80. The lowest BCUT2D eigenvalue weighted by molar-refractivity contribution is 0.0954. The third kappa shape index (κ3) is 3.71. The fourth-order valence-corrected chi connectivity index (χ4v) is 2.00. The Morgan fingerprint density at radius 1 is 1.25 bits per heavy atom. The Balaban J connectivity index is 1.84. The highest BCUT2D eigenvalue weighted by Gasteiger charge is 2.10. The molecule has 5 heteroatoms. The summed E-state index contributed by atoms with van der Waals surface area (Å²) >= 11 is 5.87. The molecule has 2 rings (SSSR count). The van der Waals surface area contributed by atoms with E-state index in [4.69, 9.17) is 11.6 Å². The molecule has 20 heavy (non-hydrogen) atoms. The number of para-hydroxylation sites is 1. The Kier molecular flexibility index (Phi) is 4.96. The summed E-state index contributed by atoms with van der Waals surface area (Å²) in [5.41, 5.74) is 1.51. The molecular formula is C15H16ClN3O. The minimum atomic E-state index is -0.204. The van der Waals surface area contributed by atoms with Crippen molar-refractivity contribution in [3.63, 3.8) is 0 Å². The van der Waals surface area contributed by atoms with Crippen LogP contribution in [0.4, 0.5) is 5.69 Å². The molecule has 0 aliphatic heterocycles. The summed E-state index contributed by atoms with van der Waals surface area (Å²) in [6, 6.07) is 13.4. The fraction of sp³-hybridized carbons (Fsp3) is 0.200. The monoisotopic (exact) mass is 289 g/mol. The molecular weight excluding hydrogens is 274 g/mol. The van der Waals surface area contributed by atoms with E-state index >= 15 is 0 Å². The van der Waals surface area contributed by atoms with Gasteiger partial charge in [0.2, 0.25) is 0 Å². The summed E-state index contributed by atoms with van der Waals surface area (Å²) in [6.45, 7) is 1.25. The Morgan fingerprint density at radius 2 is 2.00 bits per heavy atom. The lowest BCUT2D eigenvalue weighted by Crippen LogP contribution is -2.33. The van der Waals surface area contributed by atoms with E-state index in [1.807, 2.05) is 37.4 Å². The molecule has 4 nitrogen and oxygen atoms in total. The molecule has 0 saturated heterocycles. The van der Waals surface area contributed by atoms with Crippen LogP contribution in [-0.2, 0) is 0 Å². The molecule has 0 aliphatic rings. The van der Waals surface area contributed by atoms with Gasteiger partial charge in [0, 0.05) is 32.0 Å². The van der Waals surface area contributed by atoms with E-state index in [1.165, 1.54) is 0 Å². The maximum atomic E-state index is 11.9. The molecule has 0 radical (unpaired) electrons. The van der Waals surface area contributed by atoms with Gasteiger partial charge < -0.3 is 10.2 Å². The molecule has 0 aliphatic carbocycles. The molecule has 1 heterocycles. The number of hydrogen-bond acceptors (Lipinski definition) is 3. The molecule has 1 amide bonds. The number of likely N-dealkylation sites (N-methyl/N-ethyl adjacent to an activating group) is 1. The molecule has 1 N–H and O–H groups in total. The summed E-state index contributed by atoms with van der Waals surface area (Å²) in [4.78, 5) is 17.9. The van der Waals surface area contributed by atoms with E-state index in [-0.39, 0.29) is 11.1 Å². The second-order valence-electron chi connectivity index (χ2n) is 4.35. The van der Waals surface area contributed by atoms with Crippen molar-refractivity contribution in [2.24, 2.45) is 0 Å². The Labute approximate surface area is 123 Å². The summed E-state index contributed by atoms with van der Waals surface area (Å²) in [5.74, 6) is -0.204. The maximum Gasteiger partial charge on any atom is 0.254 e. The minimum Gasteiger partial charge on any atom is -0.373 e.